The van der Waals surface area contributed by atoms with Gasteiger partial charge in [0.2, 0.25) is 0 Å². The maximum atomic E-state index is 11.1. The second kappa shape index (κ2) is 8.39. The topological polar surface area (TPSA) is 68.0 Å². The lowest BCUT2D eigenvalue weighted by atomic mass is 10.1. The van der Waals surface area contributed by atoms with E-state index in [2.05, 4.69) is 40.7 Å². The molecule has 2 aromatic carbocycles. The van der Waals surface area contributed by atoms with Crippen molar-refractivity contribution in [2.45, 2.75) is 32.1 Å². The van der Waals surface area contributed by atoms with Crippen molar-refractivity contribution >= 4 is 18.6 Å². The van der Waals surface area contributed by atoms with Crippen molar-refractivity contribution < 1.29 is 9.90 Å². The Morgan fingerprint density at radius 2 is 1.74 bits per heavy atom. The van der Waals surface area contributed by atoms with Crippen molar-refractivity contribution in [3.05, 3.63) is 82.9 Å². The number of hydrogen-bond acceptors (Lipinski definition) is 4. The van der Waals surface area contributed by atoms with Crippen molar-refractivity contribution in [1.82, 2.24) is 14.8 Å². The highest BCUT2D eigenvalue weighted by Gasteiger charge is 2.21. The van der Waals surface area contributed by atoms with Crippen molar-refractivity contribution in [2.75, 3.05) is 0 Å². The van der Waals surface area contributed by atoms with Crippen LogP contribution in [0.25, 0.3) is 0 Å². The highest BCUT2D eigenvalue weighted by Crippen LogP contribution is 2.29. The van der Waals surface area contributed by atoms with Gasteiger partial charge in [0.05, 0.1) is 17.4 Å². The summed E-state index contributed by atoms with van der Waals surface area (Å²) in [6.07, 6.45) is 0.832. The monoisotopic (exact) mass is 381 g/mol. The van der Waals surface area contributed by atoms with Crippen LogP contribution in [0.5, 0.6) is 0 Å². The summed E-state index contributed by atoms with van der Waals surface area (Å²) >= 11 is 4.76. The van der Waals surface area contributed by atoms with Gasteiger partial charge in [-0.05, 0) is 29.2 Å². The first-order chi connectivity index (χ1) is 13.0. The van der Waals surface area contributed by atoms with E-state index >= 15 is 0 Å². The summed E-state index contributed by atoms with van der Waals surface area (Å²) in [5.41, 5.74) is 2.32. The molecule has 0 bridgehead atoms. The molecule has 3 aromatic rings. The zero-order chi connectivity index (χ0) is 19.4. The summed E-state index contributed by atoms with van der Waals surface area (Å²) in [5, 5.41) is 17.6. The summed E-state index contributed by atoms with van der Waals surface area (Å²) in [6, 6.07) is 16.9. The van der Waals surface area contributed by atoms with Crippen LogP contribution >= 0.6 is 12.6 Å². The first kappa shape index (κ1) is 19.2. The van der Waals surface area contributed by atoms with E-state index < -0.39 is 5.97 Å². The maximum absolute atomic E-state index is 11.1. The van der Waals surface area contributed by atoms with Gasteiger partial charge in [-0.1, -0.05) is 56.3 Å². The fourth-order valence-electron chi connectivity index (χ4n) is 2.96. The van der Waals surface area contributed by atoms with Crippen LogP contribution < -0.4 is 0 Å². The molecule has 0 spiro atoms. The summed E-state index contributed by atoms with van der Waals surface area (Å²) < 4.78 is 2.12. The van der Waals surface area contributed by atoms with E-state index in [4.69, 9.17) is 17.7 Å². The number of carboxylic acids is 1. The zero-order valence-corrected chi connectivity index (χ0v) is 16.3. The van der Waals surface area contributed by atoms with Gasteiger partial charge in [0, 0.05) is 6.42 Å². The minimum Gasteiger partial charge on any atom is -0.478 e. The quantitative estimate of drug-likeness (QED) is 0.601. The molecule has 1 aromatic heterocycles. The first-order valence-electron chi connectivity index (χ1n) is 8.93. The van der Waals surface area contributed by atoms with Gasteiger partial charge < -0.3 is 9.67 Å². The minimum atomic E-state index is -0.941. The number of carbonyl (C=O) groups is 1. The molecular weight excluding hydrogens is 358 g/mol. The molecule has 1 N–H and O–H groups in total. The van der Waals surface area contributed by atoms with Gasteiger partial charge in [0.25, 0.3) is 0 Å². The number of carboxylic acid groups (broad SMARTS) is 1. The molecule has 6 heteroatoms. The van der Waals surface area contributed by atoms with E-state index in [1.807, 2.05) is 18.2 Å². The number of rotatable bonds is 7. The zero-order valence-electron chi connectivity index (χ0n) is 15.4. The van der Waals surface area contributed by atoms with E-state index in [9.17, 15) is 4.79 Å². The van der Waals surface area contributed by atoms with Crippen molar-refractivity contribution in [3.8, 4) is 0 Å². The summed E-state index contributed by atoms with van der Waals surface area (Å²) in [4.78, 5) is 11.1. The maximum Gasteiger partial charge on any atom is 0.335 e. The van der Waals surface area contributed by atoms with E-state index in [1.165, 1.54) is 5.56 Å². The van der Waals surface area contributed by atoms with Crippen LogP contribution in [0.1, 0.15) is 52.2 Å². The molecule has 0 aliphatic carbocycles. The number of benzene rings is 2. The number of thiol groups is 1. The molecule has 27 heavy (non-hydrogen) atoms. The molecule has 5 nitrogen and oxygen atoms in total. The van der Waals surface area contributed by atoms with Gasteiger partial charge in [-0.2, -0.15) is 12.6 Å². The molecule has 0 saturated carbocycles. The van der Waals surface area contributed by atoms with Gasteiger partial charge in [0.15, 0.2) is 5.82 Å². The van der Waals surface area contributed by atoms with E-state index in [-0.39, 0.29) is 10.8 Å². The average Bonchev–Trinajstić information content (AvgIpc) is 3.03. The second-order valence-electron chi connectivity index (χ2n) is 6.97. The Kier molecular flexibility index (Phi) is 5.96. The molecule has 1 heterocycles. The Morgan fingerprint density at radius 3 is 2.33 bits per heavy atom. The Labute approximate surface area is 164 Å². The lowest BCUT2D eigenvalue weighted by molar-refractivity contribution is 0.0697. The Bertz CT molecular complexity index is 905. The third kappa shape index (κ3) is 4.57. The highest BCUT2D eigenvalue weighted by atomic mass is 32.1. The number of aromatic carboxylic acids is 1. The smallest absolute Gasteiger partial charge is 0.335 e. The molecule has 3 rings (SSSR count). The fourth-order valence-corrected chi connectivity index (χ4v) is 3.33. The Hall–Kier alpha value is -2.60. The molecule has 0 fully saturated rings. The SMILES string of the molecule is CC(C)Cc1nnc(C(S)c2ccc(C(=O)O)cc2)n1Cc1ccccc1. The largest absolute Gasteiger partial charge is 0.478 e. The number of nitrogens with zero attached hydrogens (tertiary/aromatic N) is 3. The van der Waals surface area contributed by atoms with Crippen LogP contribution in [0, 0.1) is 5.92 Å². The molecule has 140 valence electrons. The summed E-state index contributed by atoms with van der Waals surface area (Å²) in [6.45, 7) is 4.99. The third-order valence-electron chi connectivity index (χ3n) is 4.35. The van der Waals surface area contributed by atoms with Gasteiger partial charge in [-0.3, -0.25) is 0 Å². The molecule has 0 radical (unpaired) electrons. The van der Waals surface area contributed by atoms with E-state index in [1.54, 1.807) is 24.3 Å². The van der Waals surface area contributed by atoms with Crippen LogP contribution in [0.15, 0.2) is 54.6 Å². The van der Waals surface area contributed by atoms with Gasteiger partial charge in [0.1, 0.15) is 5.82 Å². The van der Waals surface area contributed by atoms with Crippen LogP contribution in [-0.4, -0.2) is 25.8 Å². The fraction of sp³-hybridized carbons (Fsp3) is 0.286. The Morgan fingerprint density at radius 1 is 1.07 bits per heavy atom. The second-order valence-corrected chi connectivity index (χ2v) is 7.49. The molecule has 1 unspecified atom stereocenters. The predicted molar refractivity (Wildman–Crippen MR) is 108 cm³/mol. The summed E-state index contributed by atoms with van der Waals surface area (Å²) in [7, 11) is 0. The molecule has 1 atom stereocenters. The lowest BCUT2D eigenvalue weighted by Crippen LogP contribution is -2.13. The van der Waals surface area contributed by atoms with E-state index in [0.29, 0.717) is 12.5 Å². The molecular formula is C21H23N3O2S. The van der Waals surface area contributed by atoms with Crippen molar-refractivity contribution in [3.63, 3.8) is 0 Å². The van der Waals surface area contributed by atoms with Gasteiger partial charge in [-0.15, -0.1) is 10.2 Å². The standard InChI is InChI=1S/C21H23N3O2S/c1-14(2)12-18-22-23-20(24(18)13-15-6-4-3-5-7-15)19(27)16-8-10-17(11-9-16)21(25)26/h3-11,14,19,27H,12-13H2,1-2H3,(H,25,26). The lowest BCUT2D eigenvalue weighted by Gasteiger charge is -2.16. The summed E-state index contributed by atoms with van der Waals surface area (Å²) in [5.74, 6) is 1.22. The molecule has 0 saturated heterocycles. The normalized spacial score (nSPS) is 12.3. The van der Waals surface area contributed by atoms with Crippen LogP contribution in [0.2, 0.25) is 0 Å². The number of aromatic nitrogens is 3. The molecule has 0 amide bonds. The molecule has 0 aliphatic heterocycles. The van der Waals surface area contributed by atoms with Crippen LogP contribution in [-0.2, 0) is 13.0 Å². The number of hydrogen-bond donors (Lipinski definition) is 2. The Balaban J connectivity index is 1.95. The third-order valence-corrected chi connectivity index (χ3v) is 4.88. The van der Waals surface area contributed by atoms with Crippen molar-refractivity contribution in [1.29, 1.82) is 0 Å². The van der Waals surface area contributed by atoms with E-state index in [0.717, 1.165) is 23.6 Å². The van der Waals surface area contributed by atoms with Gasteiger partial charge >= 0.3 is 5.97 Å². The minimum absolute atomic E-state index is 0.255. The highest BCUT2D eigenvalue weighted by molar-refractivity contribution is 7.80. The first-order valence-corrected chi connectivity index (χ1v) is 9.44. The van der Waals surface area contributed by atoms with Gasteiger partial charge in [-0.25, -0.2) is 4.79 Å². The van der Waals surface area contributed by atoms with Crippen LogP contribution in [0.3, 0.4) is 0 Å². The van der Waals surface area contributed by atoms with Crippen LogP contribution in [0.4, 0.5) is 0 Å². The average molecular weight is 382 g/mol. The predicted octanol–water partition coefficient (Wildman–Crippen LogP) is 4.24. The van der Waals surface area contributed by atoms with Crippen molar-refractivity contribution in [2.24, 2.45) is 5.92 Å². The molecule has 0 aliphatic rings.